The van der Waals surface area contributed by atoms with Gasteiger partial charge in [-0.15, -0.1) is 0 Å². The molecule has 19 heavy (non-hydrogen) atoms. The Bertz CT molecular complexity index is 433. The van der Waals surface area contributed by atoms with E-state index in [-0.39, 0.29) is 24.1 Å². The smallest absolute Gasteiger partial charge is 0.333 e. The minimum absolute atomic E-state index is 0.0173. The van der Waals surface area contributed by atoms with Crippen LogP contribution < -0.4 is 0 Å². The summed E-state index contributed by atoms with van der Waals surface area (Å²) < 4.78 is 0. The topological polar surface area (TPSA) is 101 Å². The molecule has 0 spiro atoms. The number of imide groups is 1. The van der Waals surface area contributed by atoms with Crippen LogP contribution in [0.1, 0.15) is 38.5 Å². The zero-order chi connectivity index (χ0) is 14.4. The van der Waals surface area contributed by atoms with Crippen LogP contribution in [0.25, 0.3) is 0 Å². The first kappa shape index (κ1) is 15.2. The molecule has 2 amide bonds. The van der Waals surface area contributed by atoms with Crippen molar-refractivity contribution in [2.24, 2.45) is 0 Å². The number of thiocarbonyl (C=S) groups is 1. The van der Waals surface area contributed by atoms with E-state index in [2.05, 4.69) is 17.1 Å². The summed E-state index contributed by atoms with van der Waals surface area (Å²) in [6.07, 6.45) is 1.32. The molecule has 0 atom stereocenters. The Morgan fingerprint density at radius 3 is 2.37 bits per heavy atom. The predicted molar refractivity (Wildman–Crippen MR) is 65.9 cm³/mol. The van der Waals surface area contributed by atoms with Crippen molar-refractivity contribution >= 4 is 40.8 Å². The highest BCUT2D eigenvalue weighted by Crippen LogP contribution is 2.12. The largest absolute Gasteiger partial charge is 0.481 e. The van der Waals surface area contributed by atoms with E-state index in [0.29, 0.717) is 24.3 Å². The van der Waals surface area contributed by atoms with Crippen molar-refractivity contribution < 1.29 is 29.1 Å². The molecule has 0 unspecified atom stereocenters. The average Bonchev–Trinajstić information content (AvgIpc) is 2.55. The van der Waals surface area contributed by atoms with E-state index in [1.807, 2.05) is 0 Å². The molecule has 0 bridgehead atoms. The van der Waals surface area contributed by atoms with Crippen molar-refractivity contribution in [1.82, 2.24) is 5.06 Å². The summed E-state index contributed by atoms with van der Waals surface area (Å²) in [4.78, 5) is 48.7. The first-order chi connectivity index (χ1) is 8.91. The van der Waals surface area contributed by atoms with E-state index in [0.717, 1.165) is 0 Å². The Morgan fingerprint density at radius 1 is 1.21 bits per heavy atom. The summed E-state index contributed by atoms with van der Waals surface area (Å²) in [7, 11) is 0. The van der Waals surface area contributed by atoms with Gasteiger partial charge in [-0.3, -0.25) is 14.4 Å². The second-order valence-electron chi connectivity index (χ2n) is 4.01. The number of hydrogen-bond acceptors (Lipinski definition) is 6. The fraction of sp³-hybridized carbons (Fsp3) is 0.545. The molecule has 1 rings (SSSR count). The van der Waals surface area contributed by atoms with E-state index >= 15 is 0 Å². The maximum absolute atomic E-state index is 11.4. The van der Waals surface area contributed by atoms with Crippen LogP contribution in [0.2, 0.25) is 0 Å². The van der Waals surface area contributed by atoms with Crippen molar-refractivity contribution in [2.75, 3.05) is 0 Å². The van der Waals surface area contributed by atoms with Crippen LogP contribution >= 0.6 is 12.2 Å². The lowest BCUT2D eigenvalue weighted by atomic mass is 10.1. The number of rotatable bonds is 7. The molecule has 0 aromatic rings. The number of carbonyl (C=O) groups excluding carboxylic acids is 3. The molecule has 0 aromatic carbocycles. The standard InChI is InChI=1S/C11H13NO6S/c13-8-6-7(19)11(17)12(8)18-10(16)5-3-1-2-4-9(14)15/h1-6H2,(H,14,15). The maximum Gasteiger partial charge on any atom is 0.333 e. The molecule has 1 aliphatic heterocycles. The molecular weight excluding hydrogens is 274 g/mol. The second kappa shape index (κ2) is 6.93. The molecule has 1 saturated heterocycles. The highest BCUT2D eigenvalue weighted by atomic mass is 32.1. The Kier molecular flexibility index (Phi) is 5.56. The summed E-state index contributed by atoms with van der Waals surface area (Å²) >= 11 is 4.64. The van der Waals surface area contributed by atoms with Crippen LogP contribution in [-0.2, 0) is 24.0 Å². The van der Waals surface area contributed by atoms with Gasteiger partial charge >= 0.3 is 17.8 Å². The van der Waals surface area contributed by atoms with Gasteiger partial charge < -0.3 is 9.94 Å². The second-order valence-corrected chi connectivity index (χ2v) is 4.50. The monoisotopic (exact) mass is 287 g/mol. The minimum Gasteiger partial charge on any atom is -0.481 e. The number of carboxylic acids is 1. The normalized spacial score (nSPS) is 14.9. The molecule has 1 aliphatic rings. The van der Waals surface area contributed by atoms with Crippen molar-refractivity contribution in [1.29, 1.82) is 0 Å². The highest BCUT2D eigenvalue weighted by molar-refractivity contribution is 7.82. The lowest BCUT2D eigenvalue weighted by Crippen LogP contribution is -2.33. The third-order valence-corrected chi connectivity index (χ3v) is 2.74. The van der Waals surface area contributed by atoms with Gasteiger partial charge in [-0.1, -0.05) is 23.7 Å². The van der Waals surface area contributed by atoms with Gasteiger partial charge in [0.2, 0.25) is 0 Å². The maximum atomic E-state index is 11.4. The third kappa shape index (κ3) is 4.74. The number of aliphatic carboxylic acids is 1. The molecule has 104 valence electrons. The molecule has 1 N–H and O–H groups in total. The Morgan fingerprint density at radius 2 is 1.84 bits per heavy atom. The summed E-state index contributed by atoms with van der Waals surface area (Å²) in [5.74, 6) is -3.00. The molecule has 1 heterocycles. The quantitative estimate of drug-likeness (QED) is 0.416. The molecule has 1 fully saturated rings. The van der Waals surface area contributed by atoms with Crippen molar-refractivity contribution in [3.8, 4) is 0 Å². The van der Waals surface area contributed by atoms with Gasteiger partial charge in [-0.25, -0.2) is 4.79 Å². The van der Waals surface area contributed by atoms with E-state index in [4.69, 9.17) is 5.11 Å². The van der Waals surface area contributed by atoms with Gasteiger partial charge in [0.25, 0.3) is 5.91 Å². The molecule has 0 saturated carbocycles. The van der Waals surface area contributed by atoms with Crippen LogP contribution in [0.4, 0.5) is 0 Å². The summed E-state index contributed by atoms with van der Waals surface area (Å²) in [6, 6.07) is 0. The van der Waals surface area contributed by atoms with Gasteiger partial charge in [-0.05, 0) is 12.8 Å². The van der Waals surface area contributed by atoms with Crippen molar-refractivity contribution in [2.45, 2.75) is 38.5 Å². The summed E-state index contributed by atoms with van der Waals surface area (Å²) in [5.41, 5.74) is 0. The van der Waals surface area contributed by atoms with Crippen LogP contribution in [-0.4, -0.2) is 38.8 Å². The zero-order valence-electron chi connectivity index (χ0n) is 10.1. The molecular formula is C11H13NO6S. The van der Waals surface area contributed by atoms with Crippen molar-refractivity contribution in [3.63, 3.8) is 0 Å². The average molecular weight is 287 g/mol. The summed E-state index contributed by atoms with van der Waals surface area (Å²) in [5, 5.41) is 8.80. The van der Waals surface area contributed by atoms with Gasteiger partial charge in [0.15, 0.2) is 0 Å². The van der Waals surface area contributed by atoms with Gasteiger partial charge in [0, 0.05) is 12.8 Å². The number of hydroxylamine groups is 2. The predicted octanol–water partition coefficient (Wildman–Crippen LogP) is 0.609. The van der Waals surface area contributed by atoms with Gasteiger partial charge in [0.1, 0.15) is 0 Å². The lowest BCUT2D eigenvalue weighted by molar-refractivity contribution is -0.196. The number of nitrogens with zero attached hydrogens (tertiary/aromatic N) is 1. The Hall–Kier alpha value is -1.83. The van der Waals surface area contributed by atoms with Gasteiger partial charge in [-0.2, -0.15) is 0 Å². The SMILES string of the molecule is O=C(O)CCCCCC(=O)ON1C(=O)CC(=S)C1=O. The van der Waals surface area contributed by atoms with Crippen LogP contribution in [0.15, 0.2) is 0 Å². The molecule has 0 aliphatic carbocycles. The number of carbonyl (C=O) groups is 4. The number of amides is 2. The van der Waals surface area contributed by atoms with E-state index < -0.39 is 23.8 Å². The zero-order valence-corrected chi connectivity index (χ0v) is 10.9. The van der Waals surface area contributed by atoms with E-state index in [1.54, 1.807) is 0 Å². The molecule has 7 nitrogen and oxygen atoms in total. The first-order valence-electron chi connectivity index (χ1n) is 5.74. The van der Waals surface area contributed by atoms with Crippen LogP contribution in [0.5, 0.6) is 0 Å². The Balaban J connectivity index is 2.24. The first-order valence-corrected chi connectivity index (χ1v) is 6.15. The molecule has 0 aromatic heterocycles. The highest BCUT2D eigenvalue weighted by Gasteiger charge is 2.37. The van der Waals surface area contributed by atoms with Crippen LogP contribution in [0, 0.1) is 0 Å². The third-order valence-electron chi connectivity index (χ3n) is 2.43. The van der Waals surface area contributed by atoms with E-state index in [9.17, 15) is 19.2 Å². The fourth-order valence-electron chi connectivity index (χ4n) is 1.47. The minimum atomic E-state index is -0.885. The lowest BCUT2D eigenvalue weighted by Gasteiger charge is -2.11. The molecule has 8 heteroatoms. The van der Waals surface area contributed by atoms with E-state index in [1.165, 1.54) is 0 Å². The van der Waals surface area contributed by atoms with Crippen LogP contribution in [0.3, 0.4) is 0 Å². The Labute approximate surface area is 114 Å². The summed E-state index contributed by atoms with van der Waals surface area (Å²) in [6.45, 7) is 0. The number of unbranched alkanes of at least 4 members (excludes halogenated alkanes) is 2. The number of hydrogen-bond donors (Lipinski definition) is 1. The molecule has 0 radical (unpaired) electrons. The fourth-order valence-corrected chi connectivity index (χ4v) is 1.68. The van der Waals surface area contributed by atoms with Crippen molar-refractivity contribution in [3.05, 3.63) is 0 Å². The van der Waals surface area contributed by atoms with Gasteiger partial charge in [0.05, 0.1) is 11.3 Å². The number of carboxylic acid groups (broad SMARTS) is 1.